The van der Waals surface area contributed by atoms with Crippen LogP contribution in [0, 0.1) is 34.5 Å². The summed E-state index contributed by atoms with van der Waals surface area (Å²) in [6.07, 6.45) is 5.99. The molecular weight excluding hydrogens is 507 g/mol. The van der Waals surface area contributed by atoms with Gasteiger partial charge in [0.1, 0.15) is 0 Å². The van der Waals surface area contributed by atoms with E-state index in [1.54, 1.807) is 10.8 Å². The molecule has 2 saturated carbocycles. The van der Waals surface area contributed by atoms with Crippen molar-refractivity contribution in [3.05, 3.63) is 40.1 Å². The molecule has 2 aliphatic carbocycles. The molecule has 4 atom stereocenters. The summed E-state index contributed by atoms with van der Waals surface area (Å²) < 4.78 is 45.4. The summed E-state index contributed by atoms with van der Waals surface area (Å²) in [5.74, 6) is 1.49. The third-order valence-electron chi connectivity index (χ3n) is 9.71. The highest BCUT2D eigenvalue weighted by atomic mass is 19.4. The Labute approximate surface area is 226 Å². The first kappa shape index (κ1) is 26.8. The molecule has 2 saturated heterocycles. The van der Waals surface area contributed by atoms with Crippen molar-refractivity contribution in [3.63, 3.8) is 0 Å². The summed E-state index contributed by atoms with van der Waals surface area (Å²) in [6.45, 7) is 3.92. The second-order valence-electron chi connectivity index (χ2n) is 12.7. The molecule has 4 fully saturated rings. The number of alkyl halides is 3. The van der Waals surface area contributed by atoms with Crippen LogP contribution in [0.25, 0.3) is 5.52 Å². The van der Waals surface area contributed by atoms with E-state index in [4.69, 9.17) is 0 Å². The largest absolute Gasteiger partial charge is 0.418 e. The van der Waals surface area contributed by atoms with E-state index >= 15 is 0 Å². The lowest BCUT2D eigenvalue weighted by atomic mass is 9.65. The SMILES string of the molecule is CN1CNNC1[C@H](C1CCC1)C1CCCC(n2cc3c(C(F)(F)F)cc(CN4CC(C)(C#N)C4)cn3c2=O)C1. The summed E-state index contributed by atoms with van der Waals surface area (Å²) in [5.41, 5.74) is 5.43. The fourth-order valence-electron chi connectivity index (χ4n) is 7.62. The highest BCUT2D eigenvalue weighted by Gasteiger charge is 2.44. The van der Waals surface area contributed by atoms with Gasteiger partial charge in [-0.3, -0.25) is 18.8 Å². The zero-order valence-electron chi connectivity index (χ0n) is 22.7. The molecule has 2 aliphatic heterocycles. The third kappa shape index (κ3) is 4.90. The smallest absolute Gasteiger partial charge is 0.296 e. The van der Waals surface area contributed by atoms with Crippen LogP contribution in [0.4, 0.5) is 13.2 Å². The van der Waals surface area contributed by atoms with E-state index in [0.29, 0.717) is 36.4 Å². The first-order valence-electron chi connectivity index (χ1n) is 14.2. The lowest BCUT2D eigenvalue weighted by Crippen LogP contribution is -2.53. The van der Waals surface area contributed by atoms with E-state index in [1.165, 1.54) is 35.9 Å². The maximum absolute atomic E-state index is 14.2. The van der Waals surface area contributed by atoms with Gasteiger partial charge in [0, 0.05) is 38.1 Å². The van der Waals surface area contributed by atoms with Crippen LogP contribution in [-0.4, -0.2) is 51.7 Å². The van der Waals surface area contributed by atoms with E-state index in [0.717, 1.165) is 32.4 Å². The van der Waals surface area contributed by atoms with E-state index in [1.807, 2.05) is 11.8 Å². The third-order valence-corrected chi connectivity index (χ3v) is 9.71. The first-order chi connectivity index (χ1) is 18.6. The van der Waals surface area contributed by atoms with Crippen LogP contribution < -0.4 is 16.5 Å². The minimum Gasteiger partial charge on any atom is -0.296 e. The molecule has 2 aromatic rings. The van der Waals surface area contributed by atoms with Crippen molar-refractivity contribution in [3.8, 4) is 6.07 Å². The summed E-state index contributed by atoms with van der Waals surface area (Å²) in [7, 11) is 2.12. The number of imidazole rings is 1. The monoisotopic (exact) mass is 545 g/mol. The van der Waals surface area contributed by atoms with Crippen molar-refractivity contribution >= 4 is 5.52 Å². The maximum atomic E-state index is 14.2. The molecule has 4 heterocycles. The Kier molecular flexibility index (Phi) is 6.81. The molecule has 0 amide bonds. The average Bonchev–Trinajstić information content (AvgIpc) is 3.42. The van der Waals surface area contributed by atoms with Crippen molar-refractivity contribution in [2.45, 2.75) is 76.8 Å². The van der Waals surface area contributed by atoms with Crippen molar-refractivity contribution < 1.29 is 13.2 Å². The van der Waals surface area contributed by atoms with Crippen LogP contribution in [0.5, 0.6) is 0 Å². The number of fused-ring (bicyclic) bond motifs is 1. The topological polar surface area (TPSA) is 80.7 Å². The van der Waals surface area contributed by atoms with Crippen LogP contribution in [0.15, 0.2) is 23.3 Å². The van der Waals surface area contributed by atoms with Crippen LogP contribution in [0.3, 0.4) is 0 Å². The minimum atomic E-state index is -4.58. The molecule has 0 aromatic carbocycles. The van der Waals surface area contributed by atoms with Gasteiger partial charge < -0.3 is 0 Å². The molecular formula is C28H38F3N7O. The Morgan fingerprint density at radius 2 is 1.87 bits per heavy atom. The Morgan fingerprint density at radius 1 is 1.15 bits per heavy atom. The van der Waals surface area contributed by atoms with Crippen LogP contribution in [0.2, 0.25) is 0 Å². The molecule has 6 rings (SSSR count). The highest BCUT2D eigenvalue weighted by molar-refractivity contribution is 5.56. The predicted octanol–water partition coefficient (Wildman–Crippen LogP) is 3.94. The van der Waals surface area contributed by atoms with E-state index in [9.17, 15) is 23.2 Å². The van der Waals surface area contributed by atoms with Gasteiger partial charge >= 0.3 is 11.9 Å². The van der Waals surface area contributed by atoms with Crippen LogP contribution >= 0.6 is 0 Å². The summed E-state index contributed by atoms with van der Waals surface area (Å²) in [5, 5.41) is 9.28. The standard InChI is InChI=1S/C28H38F3N7O/c1-27(14-32)15-36(16-27)11-18-9-22(28(29,30)31)23-13-37(26(39)38(23)12-18)21-8-4-7-20(10-21)24(19-5-3-6-19)25-34-33-17-35(25)2/h9,12-13,19-21,24-25,33-34H,3-8,10-11,15-17H2,1-2H3/t20?,21?,24-,25?/m1/s1. The number of halogens is 3. The van der Waals surface area contributed by atoms with Crippen LogP contribution in [0.1, 0.15) is 69.0 Å². The molecule has 0 radical (unpaired) electrons. The number of rotatable bonds is 6. The zero-order valence-corrected chi connectivity index (χ0v) is 22.7. The predicted molar refractivity (Wildman–Crippen MR) is 140 cm³/mol. The fourth-order valence-corrected chi connectivity index (χ4v) is 7.62. The number of pyridine rings is 1. The Bertz CT molecular complexity index is 1320. The van der Waals surface area contributed by atoms with Gasteiger partial charge in [-0.25, -0.2) is 15.6 Å². The fraction of sp³-hybridized carbons (Fsp3) is 0.714. The van der Waals surface area contributed by atoms with Crippen molar-refractivity contribution in [1.82, 2.24) is 29.6 Å². The second kappa shape index (κ2) is 9.91. The number of nitrogens with zero attached hydrogens (tertiary/aromatic N) is 5. The maximum Gasteiger partial charge on any atom is 0.418 e. The Hall–Kier alpha value is -2.39. The molecule has 212 valence electrons. The van der Waals surface area contributed by atoms with E-state index < -0.39 is 22.8 Å². The van der Waals surface area contributed by atoms with Gasteiger partial charge in [-0.15, -0.1) is 0 Å². The molecule has 2 N–H and O–H groups in total. The summed E-state index contributed by atoms with van der Waals surface area (Å²) in [6, 6.07) is 3.32. The van der Waals surface area contributed by atoms with Gasteiger partial charge in [-0.2, -0.15) is 18.4 Å². The van der Waals surface area contributed by atoms with Crippen LogP contribution in [-0.2, 0) is 12.7 Å². The first-order valence-corrected chi connectivity index (χ1v) is 14.2. The number of nitriles is 1. The Balaban J connectivity index is 1.30. The number of nitrogens with one attached hydrogen (secondary N) is 2. The summed E-state index contributed by atoms with van der Waals surface area (Å²) >= 11 is 0. The molecule has 0 bridgehead atoms. The average molecular weight is 546 g/mol. The molecule has 0 spiro atoms. The molecule has 2 aromatic heterocycles. The lowest BCUT2D eigenvalue weighted by Gasteiger charge is -2.46. The minimum absolute atomic E-state index is 0.0826. The van der Waals surface area contributed by atoms with Gasteiger partial charge in [0.25, 0.3) is 0 Å². The number of hydrazine groups is 1. The van der Waals surface area contributed by atoms with Gasteiger partial charge in [0.2, 0.25) is 0 Å². The normalized spacial score (nSPS) is 29.2. The van der Waals surface area contributed by atoms with Crippen molar-refractivity contribution in [2.75, 3.05) is 26.8 Å². The highest BCUT2D eigenvalue weighted by Crippen LogP contribution is 2.47. The van der Waals surface area contributed by atoms with E-state index in [2.05, 4.69) is 28.9 Å². The molecule has 3 unspecified atom stereocenters. The quantitative estimate of drug-likeness (QED) is 0.573. The van der Waals surface area contributed by atoms with Crippen molar-refractivity contribution in [2.24, 2.45) is 23.2 Å². The van der Waals surface area contributed by atoms with E-state index in [-0.39, 0.29) is 24.3 Å². The molecule has 4 aliphatic rings. The Morgan fingerprint density at radius 3 is 2.49 bits per heavy atom. The second-order valence-corrected chi connectivity index (χ2v) is 12.7. The van der Waals surface area contributed by atoms with Gasteiger partial charge in [-0.05, 0) is 62.6 Å². The molecule has 8 nitrogen and oxygen atoms in total. The van der Waals surface area contributed by atoms with Gasteiger partial charge in [0.15, 0.2) is 0 Å². The number of hydrogen-bond acceptors (Lipinski definition) is 6. The number of hydrogen-bond donors (Lipinski definition) is 2. The van der Waals surface area contributed by atoms with Gasteiger partial charge in [-0.1, -0.05) is 25.7 Å². The summed E-state index contributed by atoms with van der Waals surface area (Å²) in [4.78, 5) is 17.9. The van der Waals surface area contributed by atoms with Gasteiger partial charge in [0.05, 0.1) is 35.4 Å². The van der Waals surface area contributed by atoms with Crippen molar-refractivity contribution in [1.29, 1.82) is 5.26 Å². The number of likely N-dealkylation sites (tertiary alicyclic amines) is 1. The zero-order chi connectivity index (χ0) is 27.5. The molecule has 11 heteroatoms. The molecule has 39 heavy (non-hydrogen) atoms. The lowest BCUT2D eigenvalue weighted by molar-refractivity contribution is -0.136. The number of aromatic nitrogens is 2.